The van der Waals surface area contributed by atoms with E-state index in [9.17, 15) is 14.4 Å². The summed E-state index contributed by atoms with van der Waals surface area (Å²) < 4.78 is 15.1. The van der Waals surface area contributed by atoms with Crippen LogP contribution in [0.3, 0.4) is 0 Å². The Morgan fingerprint density at radius 2 is 2.00 bits per heavy atom. The van der Waals surface area contributed by atoms with Gasteiger partial charge < -0.3 is 19.6 Å². The van der Waals surface area contributed by atoms with Gasteiger partial charge in [0.2, 0.25) is 0 Å². The number of carbonyl (C=O) groups excluding carboxylic acids is 2. The molecule has 2 aromatic rings. The maximum absolute atomic E-state index is 11.5. The molecule has 1 aromatic heterocycles. The third-order valence-electron chi connectivity index (χ3n) is 3.33. The number of ether oxygens (including phenoxy) is 2. The average molecular weight is 319 g/mol. The first-order valence-electron chi connectivity index (χ1n) is 6.96. The van der Waals surface area contributed by atoms with Crippen molar-refractivity contribution in [2.45, 2.75) is 19.8 Å². The summed E-state index contributed by atoms with van der Waals surface area (Å²) in [5.74, 6) is -0.647. The summed E-state index contributed by atoms with van der Waals surface area (Å²) in [4.78, 5) is 33.7. The van der Waals surface area contributed by atoms with E-state index < -0.39 is 11.5 Å². The standard InChI is InChI=1S/C16H17NO6/c1-9-5-16(20)23-13-7-12(22-8-14(17)18)10(6-11(9)13)3-4-15(19)21-2/h5-7H,3-4,8H2,1-2H3,(H2,17,18). The van der Waals surface area contributed by atoms with Crippen LogP contribution in [0.4, 0.5) is 0 Å². The number of rotatable bonds is 6. The third kappa shape index (κ3) is 4.09. The van der Waals surface area contributed by atoms with Gasteiger partial charge in [-0.3, -0.25) is 9.59 Å². The molecule has 0 bridgehead atoms. The molecule has 0 aliphatic heterocycles. The van der Waals surface area contributed by atoms with E-state index in [1.165, 1.54) is 19.2 Å². The lowest BCUT2D eigenvalue weighted by Crippen LogP contribution is -2.20. The van der Waals surface area contributed by atoms with E-state index in [0.29, 0.717) is 23.3 Å². The minimum atomic E-state index is -0.630. The predicted octanol–water partition coefficient (Wildman–Crippen LogP) is 1.07. The van der Waals surface area contributed by atoms with Crippen molar-refractivity contribution in [2.24, 2.45) is 5.73 Å². The highest BCUT2D eigenvalue weighted by Crippen LogP contribution is 2.28. The van der Waals surface area contributed by atoms with Crippen molar-refractivity contribution >= 4 is 22.8 Å². The van der Waals surface area contributed by atoms with E-state index in [-0.39, 0.29) is 19.0 Å². The normalized spacial score (nSPS) is 10.5. The van der Waals surface area contributed by atoms with Gasteiger partial charge in [-0.05, 0) is 30.5 Å². The molecule has 7 nitrogen and oxygen atoms in total. The Labute approximate surface area is 132 Å². The van der Waals surface area contributed by atoms with Crippen molar-refractivity contribution < 1.29 is 23.5 Å². The van der Waals surface area contributed by atoms with E-state index in [1.807, 2.05) is 0 Å². The molecule has 23 heavy (non-hydrogen) atoms. The number of primary amides is 1. The molecule has 0 spiro atoms. The summed E-state index contributed by atoms with van der Waals surface area (Å²) in [6.45, 7) is 1.47. The molecule has 0 atom stereocenters. The second-order valence-corrected chi connectivity index (χ2v) is 5.04. The molecule has 0 radical (unpaired) electrons. The predicted molar refractivity (Wildman–Crippen MR) is 82.2 cm³/mol. The van der Waals surface area contributed by atoms with Gasteiger partial charge in [0.05, 0.1) is 7.11 Å². The molecule has 0 aliphatic rings. The SMILES string of the molecule is COC(=O)CCc1cc2c(C)cc(=O)oc2cc1OCC(N)=O. The van der Waals surface area contributed by atoms with Gasteiger partial charge in [0.1, 0.15) is 11.3 Å². The van der Waals surface area contributed by atoms with Crippen LogP contribution >= 0.6 is 0 Å². The largest absolute Gasteiger partial charge is 0.483 e. The molecule has 1 heterocycles. The highest BCUT2D eigenvalue weighted by atomic mass is 16.5. The summed E-state index contributed by atoms with van der Waals surface area (Å²) in [6, 6.07) is 4.68. The number of amides is 1. The summed E-state index contributed by atoms with van der Waals surface area (Å²) in [6.07, 6.45) is 0.514. The van der Waals surface area contributed by atoms with E-state index in [0.717, 1.165) is 10.9 Å². The fourth-order valence-electron chi connectivity index (χ4n) is 2.21. The number of methoxy groups -OCH3 is 1. The van der Waals surface area contributed by atoms with Crippen molar-refractivity contribution in [3.8, 4) is 5.75 Å². The van der Waals surface area contributed by atoms with Crippen LogP contribution in [0.15, 0.2) is 27.4 Å². The molecular formula is C16H17NO6. The lowest BCUT2D eigenvalue weighted by molar-refractivity contribution is -0.140. The van der Waals surface area contributed by atoms with Gasteiger partial charge in [0.15, 0.2) is 6.61 Å². The fourth-order valence-corrected chi connectivity index (χ4v) is 2.21. The number of nitrogens with two attached hydrogens (primary N) is 1. The third-order valence-corrected chi connectivity index (χ3v) is 3.33. The van der Waals surface area contributed by atoms with E-state index in [1.54, 1.807) is 13.0 Å². The second-order valence-electron chi connectivity index (χ2n) is 5.04. The molecule has 0 fully saturated rings. The zero-order valence-corrected chi connectivity index (χ0v) is 12.9. The smallest absolute Gasteiger partial charge is 0.336 e. The molecule has 7 heteroatoms. The van der Waals surface area contributed by atoms with Crippen LogP contribution in [0.5, 0.6) is 5.75 Å². The van der Waals surface area contributed by atoms with Gasteiger partial charge in [0, 0.05) is 23.9 Å². The highest BCUT2D eigenvalue weighted by molar-refractivity contribution is 5.83. The molecule has 2 rings (SSSR count). The van der Waals surface area contributed by atoms with Gasteiger partial charge >= 0.3 is 11.6 Å². The number of carbonyl (C=O) groups is 2. The van der Waals surface area contributed by atoms with Crippen molar-refractivity contribution in [1.29, 1.82) is 0 Å². The maximum atomic E-state index is 11.5. The van der Waals surface area contributed by atoms with Crippen LogP contribution in [0.25, 0.3) is 11.0 Å². The molecule has 0 saturated heterocycles. The first kappa shape index (κ1) is 16.5. The van der Waals surface area contributed by atoms with Crippen LogP contribution < -0.4 is 16.1 Å². The molecule has 1 aromatic carbocycles. The molecule has 0 unspecified atom stereocenters. The molecular weight excluding hydrogens is 302 g/mol. The van der Waals surface area contributed by atoms with Gasteiger partial charge in [-0.15, -0.1) is 0 Å². The summed E-state index contributed by atoms with van der Waals surface area (Å²) in [5, 5.41) is 0.732. The first-order chi connectivity index (χ1) is 10.9. The Morgan fingerprint density at radius 1 is 1.26 bits per heavy atom. The van der Waals surface area contributed by atoms with Gasteiger partial charge in [-0.2, -0.15) is 0 Å². The Hall–Kier alpha value is -2.83. The molecule has 2 N–H and O–H groups in total. The number of esters is 1. The van der Waals surface area contributed by atoms with Crippen LogP contribution in [0.2, 0.25) is 0 Å². The molecule has 0 saturated carbocycles. The van der Waals surface area contributed by atoms with Crippen LogP contribution in [0.1, 0.15) is 17.5 Å². The lowest BCUT2D eigenvalue weighted by Gasteiger charge is -2.12. The topological polar surface area (TPSA) is 109 Å². The van der Waals surface area contributed by atoms with Gasteiger partial charge in [-0.1, -0.05) is 0 Å². The van der Waals surface area contributed by atoms with Crippen molar-refractivity contribution in [2.75, 3.05) is 13.7 Å². The van der Waals surface area contributed by atoms with Crippen molar-refractivity contribution in [3.63, 3.8) is 0 Å². The number of fused-ring (bicyclic) bond motifs is 1. The zero-order valence-electron chi connectivity index (χ0n) is 12.9. The van der Waals surface area contributed by atoms with Crippen LogP contribution in [-0.4, -0.2) is 25.6 Å². The molecule has 1 amide bonds. The monoisotopic (exact) mass is 319 g/mol. The van der Waals surface area contributed by atoms with Crippen molar-refractivity contribution in [3.05, 3.63) is 39.7 Å². The van der Waals surface area contributed by atoms with Gasteiger partial charge in [0.25, 0.3) is 5.91 Å². The average Bonchev–Trinajstić information content (AvgIpc) is 2.50. The van der Waals surface area contributed by atoms with Crippen LogP contribution in [-0.2, 0) is 20.7 Å². The molecule has 0 aliphatic carbocycles. The first-order valence-corrected chi connectivity index (χ1v) is 6.96. The minimum absolute atomic E-state index is 0.158. The Bertz CT molecular complexity index is 808. The fraction of sp³-hybridized carbons (Fsp3) is 0.312. The number of hydrogen-bond acceptors (Lipinski definition) is 6. The maximum Gasteiger partial charge on any atom is 0.336 e. The summed E-state index contributed by atoms with van der Waals surface area (Å²) in [5.41, 5.74) is 6.40. The number of benzene rings is 1. The highest BCUT2D eigenvalue weighted by Gasteiger charge is 2.13. The Kier molecular flexibility index (Phi) is 5.00. The van der Waals surface area contributed by atoms with E-state index in [2.05, 4.69) is 4.74 Å². The quantitative estimate of drug-likeness (QED) is 0.630. The second kappa shape index (κ2) is 6.95. The van der Waals surface area contributed by atoms with E-state index in [4.69, 9.17) is 14.9 Å². The summed E-state index contributed by atoms with van der Waals surface area (Å²) >= 11 is 0. The Morgan fingerprint density at radius 3 is 2.65 bits per heavy atom. The lowest BCUT2D eigenvalue weighted by atomic mass is 10.0. The van der Waals surface area contributed by atoms with E-state index >= 15 is 0 Å². The Balaban J connectivity index is 2.46. The van der Waals surface area contributed by atoms with Crippen molar-refractivity contribution in [1.82, 2.24) is 0 Å². The number of aryl methyl sites for hydroxylation is 2. The zero-order chi connectivity index (χ0) is 17.0. The summed E-state index contributed by atoms with van der Waals surface area (Å²) in [7, 11) is 1.31. The minimum Gasteiger partial charge on any atom is -0.483 e. The number of hydrogen-bond donors (Lipinski definition) is 1. The van der Waals surface area contributed by atoms with Crippen LogP contribution in [0, 0.1) is 6.92 Å². The molecule has 122 valence electrons. The van der Waals surface area contributed by atoms with Gasteiger partial charge in [-0.25, -0.2) is 4.79 Å².